The van der Waals surface area contributed by atoms with Gasteiger partial charge in [-0.2, -0.15) is 0 Å². The zero-order chi connectivity index (χ0) is 11.0. The Morgan fingerprint density at radius 1 is 1.07 bits per heavy atom. The average Bonchev–Trinajstić information content (AvgIpc) is 2.30. The normalized spacial score (nSPS) is 8.64. The van der Waals surface area contributed by atoms with Crippen LogP contribution in [-0.4, -0.2) is 19.3 Å². The summed E-state index contributed by atoms with van der Waals surface area (Å²) in [6.45, 7) is 3.92. The molecule has 0 radical (unpaired) electrons. The second kappa shape index (κ2) is 7.21. The molecule has 0 bridgehead atoms. The summed E-state index contributed by atoms with van der Waals surface area (Å²) in [5.74, 6) is 1.30. The molecule has 1 rings (SSSR count). The van der Waals surface area contributed by atoms with E-state index in [1.54, 1.807) is 26.4 Å². The number of hydrogen-bond donors (Lipinski definition) is 1. The summed E-state index contributed by atoms with van der Waals surface area (Å²) in [6, 6.07) is 5.39. The molecule has 0 atom stereocenters. The molecule has 3 nitrogen and oxygen atoms in total. The molecule has 0 aliphatic carbocycles. The van der Waals surface area contributed by atoms with Gasteiger partial charge >= 0.3 is 0 Å². The van der Waals surface area contributed by atoms with Gasteiger partial charge in [0.1, 0.15) is 11.5 Å². The molecule has 3 heteroatoms. The van der Waals surface area contributed by atoms with Crippen molar-refractivity contribution in [2.75, 3.05) is 14.2 Å². The first kappa shape index (κ1) is 12.8. The molecule has 0 saturated heterocycles. The van der Waals surface area contributed by atoms with Gasteiger partial charge in [0.25, 0.3) is 0 Å². The van der Waals surface area contributed by atoms with E-state index in [9.17, 15) is 0 Å². The molecule has 1 aromatic rings. The SMILES string of the molecule is CC.COc1cccc(OC)c1CO. The fraction of sp³-hybridized carbons (Fsp3) is 0.455. The molecular weight excluding hydrogens is 180 g/mol. The minimum Gasteiger partial charge on any atom is -0.496 e. The van der Waals surface area contributed by atoms with Gasteiger partial charge < -0.3 is 14.6 Å². The lowest BCUT2D eigenvalue weighted by Crippen LogP contribution is -1.95. The topological polar surface area (TPSA) is 38.7 Å². The molecular formula is C11H18O3. The van der Waals surface area contributed by atoms with Crippen molar-refractivity contribution in [3.63, 3.8) is 0 Å². The quantitative estimate of drug-likeness (QED) is 0.809. The van der Waals surface area contributed by atoms with Crippen LogP contribution < -0.4 is 9.47 Å². The third kappa shape index (κ3) is 2.92. The third-order valence-corrected chi connectivity index (χ3v) is 1.69. The van der Waals surface area contributed by atoms with E-state index in [-0.39, 0.29) is 6.61 Å². The van der Waals surface area contributed by atoms with Gasteiger partial charge in [0.2, 0.25) is 0 Å². The minimum atomic E-state index is -0.0762. The Morgan fingerprint density at radius 2 is 1.50 bits per heavy atom. The van der Waals surface area contributed by atoms with E-state index in [2.05, 4.69) is 0 Å². The maximum atomic E-state index is 9.00. The van der Waals surface area contributed by atoms with Crippen LogP contribution in [0.25, 0.3) is 0 Å². The van der Waals surface area contributed by atoms with Crippen molar-refractivity contribution in [2.45, 2.75) is 20.5 Å². The van der Waals surface area contributed by atoms with Crippen molar-refractivity contribution in [2.24, 2.45) is 0 Å². The van der Waals surface area contributed by atoms with Crippen LogP contribution in [0.2, 0.25) is 0 Å². The van der Waals surface area contributed by atoms with Crippen molar-refractivity contribution < 1.29 is 14.6 Å². The Kier molecular flexibility index (Phi) is 6.58. The van der Waals surface area contributed by atoms with Crippen molar-refractivity contribution in [3.8, 4) is 11.5 Å². The first-order valence-corrected chi connectivity index (χ1v) is 4.64. The molecule has 0 saturated carbocycles. The molecule has 1 N–H and O–H groups in total. The van der Waals surface area contributed by atoms with Crippen LogP contribution in [0.1, 0.15) is 19.4 Å². The molecule has 0 spiro atoms. The second-order valence-corrected chi connectivity index (χ2v) is 2.30. The molecule has 0 heterocycles. The smallest absolute Gasteiger partial charge is 0.128 e. The number of hydrogen-bond acceptors (Lipinski definition) is 3. The number of ether oxygens (including phenoxy) is 2. The lowest BCUT2D eigenvalue weighted by molar-refractivity contribution is 0.265. The van der Waals surface area contributed by atoms with E-state index in [4.69, 9.17) is 14.6 Å². The zero-order valence-electron chi connectivity index (χ0n) is 9.20. The summed E-state index contributed by atoms with van der Waals surface area (Å²) in [4.78, 5) is 0. The average molecular weight is 198 g/mol. The number of rotatable bonds is 3. The number of methoxy groups -OCH3 is 2. The first-order chi connectivity index (χ1) is 6.83. The largest absolute Gasteiger partial charge is 0.496 e. The summed E-state index contributed by atoms with van der Waals surface area (Å²) in [5, 5.41) is 9.00. The maximum Gasteiger partial charge on any atom is 0.128 e. The predicted octanol–water partition coefficient (Wildman–Crippen LogP) is 2.22. The van der Waals surface area contributed by atoms with Gasteiger partial charge in [-0.15, -0.1) is 0 Å². The predicted molar refractivity (Wildman–Crippen MR) is 56.8 cm³/mol. The van der Waals surface area contributed by atoms with Gasteiger partial charge in [0.15, 0.2) is 0 Å². The minimum absolute atomic E-state index is 0.0762. The maximum absolute atomic E-state index is 9.00. The van der Waals surface area contributed by atoms with Crippen LogP contribution in [0.4, 0.5) is 0 Å². The summed E-state index contributed by atoms with van der Waals surface area (Å²) >= 11 is 0. The Bertz CT molecular complexity index is 236. The van der Waals surface area contributed by atoms with E-state index < -0.39 is 0 Å². The summed E-state index contributed by atoms with van der Waals surface area (Å²) < 4.78 is 10.1. The van der Waals surface area contributed by atoms with Gasteiger partial charge in [-0.05, 0) is 12.1 Å². The molecule has 0 amide bonds. The molecule has 14 heavy (non-hydrogen) atoms. The van der Waals surface area contributed by atoms with Crippen molar-refractivity contribution in [3.05, 3.63) is 23.8 Å². The van der Waals surface area contributed by atoms with Gasteiger partial charge in [-0.3, -0.25) is 0 Å². The van der Waals surface area contributed by atoms with Gasteiger partial charge in [-0.1, -0.05) is 19.9 Å². The van der Waals surface area contributed by atoms with Crippen LogP contribution in [0.3, 0.4) is 0 Å². The van der Waals surface area contributed by atoms with Gasteiger partial charge in [-0.25, -0.2) is 0 Å². The zero-order valence-corrected chi connectivity index (χ0v) is 9.20. The second-order valence-electron chi connectivity index (χ2n) is 2.30. The van der Waals surface area contributed by atoms with Crippen LogP contribution in [-0.2, 0) is 6.61 Å². The third-order valence-electron chi connectivity index (χ3n) is 1.69. The number of benzene rings is 1. The molecule has 0 fully saturated rings. The fourth-order valence-electron chi connectivity index (χ4n) is 1.08. The van der Waals surface area contributed by atoms with Crippen LogP contribution in [0.5, 0.6) is 11.5 Å². The Labute approximate surface area is 85.3 Å². The molecule has 0 unspecified atom stereocenters. The van der Waals surface area contributed by atoms with E-state index in [0.717, 1.165) is 0 Å². The monoisotopic (exact) mass is 198 g/mol. The highest BCUT2D eigenvalue weighted by Gasteiger charge is 2.06. The van der Waals surface area contributed by atoms with Crippen molar-refractivity contribution in [1.82, 2.24) is 0 Å². The van der Waals surface area contributed by atoms with Gasteiger partial charge in [0, 0.05) is 0 Å². The number of aliphatic hydroxyl groups is 1. The van der Waals surface area contributed by atoms with E-state index in [1.807, 2.05) is 19.9 Å². The van der Waals surface area contributed by atoms with E-state index in [1.165, 1.54) is 0 Å². The summed E-state index contributed by atoms with van der Waals surface area (Å²) in [5.41, 5.74) is 0.683. The highest BCUT2D eigenvalue weighted by molar-refractivity contribution is 5.44. The highest BCUT2D eigenvalue weighted by atomic mass is 16.5. The standard InChI is InChI=1S/C9H12O3.C2H6/c1-11-8-4-3-5-9(12-2)7(8)6-10;1-2/h3-5,10H,6H2,1-2H3;1-2H3. The molecule has 80 valence electrons. The lowest BCUT2D eigenvalue weighted by atomic mass is 10.2. The lowest BCUT2D eigenvalue weighted by Gasteiger charge is -2.09. The van der Waals surface area contributed by atoms with Crippen LogP contribution in [0.15, 0.2) is 18.2 Å². The van der Waals surface area contributed by atoms with Gasteiger partial charge in [0.05, 0.1) is 26.4 Å². The van der Waals surface area contributed by atoms with Crippen molar-refractivity contribution in [1.29, 1.82) is 0 Å². The summed E-state index contributed by atoms with van der Waals surface area (Å²) in [6.07, 6.45) is 0. The molecule has 0 aromatic heterocycles. The van der Waals surface area contributed by atoms with E-state index >= 15 is 0 Å². The molecule has 0 aliphatic rings. The van der Waals surface area contributed by atoms with E-state index in [0.29, 0.717) is 17.1 Å². The highest BCUT2D eigenvalue weighted by Crippen LogP contribution is 2.27. The van der Waals surface area contributed by atoms with Crippen LogP contribution >= 0.6 is 0 Å². The summed E-state index contributed by atoms with van der Waals surface area (Å²) in [7, 11) is 3.13. The Morgan fingerprint density at radius 3 is 1.79 bits per heavy atom. The van der Waals surface area contributed by atoms with Crippen molar-refractivity contribution >= 4 is 0 Å². The fourth-order valence-corrected chi connectivity index (χ4v) is 1.08. The Hall–Kier alpha value is -1.22. The molecule has 0 aliphatic heterocycles. The van der Waals surface area contributed by atoms with Crippen LogP contribution in [0, 0.1) is 0 Å². The molecule has 1 aromatic carbocycles. The number of aliphatic hydroxyl groups excluding tert-OH is 1. The Balaban J connectivity index is 0.000000791. The first-order valence-electron chi connectivity index (χ1n) is 4.64.